The summed E-state index contributed by atoms with van der Waals surface area (Å²) in [5.74, 6) is -0.216. The number of amides is 1. The highest BCUT2D eigenvalue weighted by atomic mass is 32.1. The average Bonchev–Trinajstić information content (AvgIpc) is 3.14. The second-order valence-corrected chi connectivity index (χ2v) is 6.47. The number of hydrogen-bond donors (Lipinski definition) is 1. The summed E-state index contributed by atoms with van der Waals surface area (Å²) in [5.41, 5.74) is 5.75. The van der Waals surface area contributed by atoms with Crippen LogP contribution >= 0.6 is 11.3 Å². The minimum absolute atomic E-state index is 0.216. The van der Waals surface area contributed by atoms with Crippen LogP contribution in [0.2, 0.25) is 0 Å². The van der Waals surface area contributed by atoms with Gasteiger partial charge in [0.15, 0.2) is 0 Å². The van der Waals surface area contributed by atoms with Gasteiger partial charge in [0.05, 0.1) is 16.8 Å². The average molecular weight is 346 g/mol. The van der Waals surface area contributed by atoms with Crippen molar-refractivity contribution in [2.45, 2.75) is 6.92 Å². The number of nitrogens with one attached hydrogen (secondary N) is 1. The lowest BCUT2D eigenvalue weighted by atomic mass is 10.0. The molecular formula is C19H14N4OS. The van der Waals surface area contributed by atoms with Gasteiger partial charge in [-0.3, -0.25) is 10.1 Å². The number of aromatic nitrogens is 3. The first-order valence-corrected chi connectivity index (χ1v) is 8.63. The number of carbonyl (C=O) groups excluding carboxylic acids is 1. The molecule has 0 fully saturated rings. The van der Waals surface area contributed by atoms with Gasteiger partial charge < -0.3 is 0 Å². The first-order valence-electron chi connectivity index (χ1n) is 7.75. The maximum absolute atomic E-state index is 12.8. The van der Waals surface area contributed by atoms with Crippen LogP contribution in [0.25, 0.3) is 22.2 Å². The van der Waals surface area contributed by atoms with Gasteiger partial charge in [0, 0.05) is 10.9 Å². The molecule has 122 valence electrons. The van der Waals surface area contributed by atoms with Gasteiger partial charge in [-0.2, -0.15) is 0 Å². The molecule has 6 heteroatoms. The lowest BCUT2D eigenvalue weighted by molar-refractivity contribution is 0.102. The molecule has 5 nitrogen and oxygen atoms in total. The third-order valence-electron chi connectivity index (χ3n) is 3.86. The van der Waals surface area contributed by atoms with Crippen LogP contribution in [0.4, 0.5) is 5.13 Å². The molecule has 0 aliphatic rings. The van der Waals surface area contributed by atoms with Crippen LogP contribution in [0.5, 0.6) is 0 Å². The van der Waals surface area contributed by atoms with Crippen LogP contribution in [0.3, 0.4) is 0 Å². The number of aryl methyl sites for hydroxylation is 1. The van der Waals surface area contributed by atoms with Crippen LogP contribution in [-0.4, -0.2) is 21.1 Å². The molecule has 0 aliphatic heterocycles. The third-order valence-corrected chi connectivity index (χ3v) is 4.47. The molecule has 0 aliphatic carbocycles. The number of hydrogen-bond acceptors (Lipinski definition) is 5. The zero-order valence-corrected chi connectivity index (χ0v) is 14.2. The summed E-state index contributed by atoms with van der Waals surface area (Å²) >= 11 is 1.29. The van der Waals surface area contributed by atoms with Crippen molar-refractivity contribution in [3.63, 3.8) is 0 Å². The molecule has 2 aromatic carbocycles. The molecule has 0 atom stereocenters. The number of rotatable bonds is 3. The SMILES string of the molecule is Cc1ccc2nc(-c3ccccc3)cc(C(=O)Nc3nncs3)c2c1. The lowest BCUT2D eigenvalue weighted by Crippen LogP contribution is -2.13. The molecule has 2 heterocycles. The van der Waals surface area contributed by atoms with Gasteiger partial charge in [-0.15, -0.1) is 10.2 Å². The van der Waals surface area contributed by atoms with E-state index in [0.717, 1.165) is 27.7 Å². The highest BCUT2D eigenvalue weighted by Gasteiger charge is 2.15. The van der Waals surface area contributed by atoms with Crippen LogP contribution in [0, 0.1) is 6.92 Å². The number of carbonyl (C=O) groups is 1. The van der Waals surface area contributed by atoms with E-state index in [1.165, 1.54) is 11.3 Å². The summed E-state index contributed by atoms with van der Waals surface area (Å²) in [6.07, 6.45) is 0. The van der Waals surface area contributed by atoms with Crippen molar-refractivity contribution in [1.82, 2.24) is 15.2 Å². The Kier molecular flexibility index (Phi) is 3.95. The minimum Gasteiger partial charge on any atom is -0.296 e. The third kappa shape index (κ3) is 3.12. The van der Waals surface area contributed by atoms with Crippen molar-refractivity contribution in [2.75, 3.05) is 5.32 Å². The molecule has 1 amide bonds. The first-order chi connectivity index (χ1) is 12.2. The molecule has 4 rings (SSSR count). The predicted molar refractivity (Wildman–Crippen MR) is 99.8 cm³/mol. The van der Waals surface area contributed by atoms with E-state index in [-0.39, 0.29) is 5.91 Å². The molecule has 4 aromatic rings. The largest absolute Gasteiger partial charge is 0.296 e. The summed E-state index contributed by atoms with van der Waals surface area (Å²) in [7, 11) is 0. The highest BCUT2D eigenvalue weighted by molar-refractivity contribution is 7.13. The number of pyridine rings is 1. The van der Waals surface area contributed by atoms with E-state index in [2.05, 4.69) is 15.5 Å². The fraction of sp³-hybridized carbons (Fsp3) is 0.0526. The molecule has 0 unspecified atom stereocenters. The fourth-order valence-electron chi connectivity index (χ4n) is 2.68. The molecule has 0 saturated carbocycles. The second-order valence-electron chi connectivity index (χ2n) is 5.64. The van der Waals surface area contributed by atoms with Crippen molar-refractivity contribution in [2.24, 2.45) is 0 Å². The number of nitrogens with zero attached hydrogens (tertiary/aromatic N) is 3. The van der Waals surface area contributed by atoms with Crippen LogP contribution in [0.15, 0.2) is 60.1 Å². The highest BCUT2D eigenvalue weighted by Crippen LogP contribution is 2.26. The zero-order valence-electron chi connectivity index (χ0n) is 13.4. The van der Waals surface area contributed by atoms with Crippen molar-refractivity contribution in [1.29, 1.82) is 0 Å². The van der Waals surface area contributed by atoms with Gasteiger partial charge >= 0.3 is 0 Å². The van der Waals surface area contributed by atoms with Gasteiger partial charge in [-0.05, 0) is 25.1 Å². The molecule has 0 bridgehead atoms. The van der Waals surface area contributed by atoms with Gasteiger partial charge in [-0.1, -0.05) is 53.3 Å². The normalized spacial score (nSPS) is 10.8. The Bertz CT molecular complexity index is 1050. The zero-order chi connectivity index (χ0) is 17.2. The maximum atomic E-state index is 12.8. The smallest absolute Gasteiger partial charge is 0.258 e. The molecule has 0 radical (unpaired) electrons. The molecule has 2 aromatic heterocycles. The summed E-state index contributed by atoms with van der Waals surface area (Å²) in [4.78, 5) is 17.5. The van der Waals surface area contributed by atoms with Crippen molar-refractivity contribution >= 4 is 33.3 Å². The monoisotopic (exact) mass is 346 g/mol. The Morgan fingerprint density at radius 1 is 1.08 bits per heavy atom. The molecule has 1 N–H and O–H groups in total. The van der Waals surface area contributed by atoms with Crippen LogP contribution < -0.4 is 5.32 Å². The van der Waals surface area contributed by atoms with Gasteiger partial charge in [-0.25, -0.2) is 4.98 Å². The minimum atomic E-state index is -0.216. The van der Waals surface area contributed by atoms with Gasteiger partial charge in [0.2, 0.25) is 5.13 Å². The van der Waals surface area contributed by atoms with Crippen LogP contribution in [-0.2, 0) is 0 Å². The van der Waals surface area contributed by atoms with E-state index in [1.807, 2.05) is 61.5 Å². The predicted octanol–water partition coefficient (Wildman–Crippen LogP) is 4.31. The van der Waals surface area contributed by atoms with E-state index in [0.29, 0.717) is 10.7 Å². The number of anilines is 1. The van der Waals surface area contributed by atoms with E-state index in [9.17, 15) is 4.79 Å². The van der Waals surface area contributed by atoms with Gasteiger partial charge in [0.1, 0.15) is 5.51 Å². The Morgan fingerprint density at radius 2 is 1.92 bits per heavy atom. The summed E-state index contributed by atoms with van der Waals surface area (Å²) in [6, 6.07) is 17.6. The standard InChI is InChI=1S/C19H14N4OS/c1-12-7-8-16-14(9-12)15(18(24)22-19-23-20-11-25-19)10-17(21-16)13-5-3-2-4-6-13/h2-11H,1H3,(H,22,23,24). The summed E-state index contributed by atoms with van der Waals surface area (Å²) in [6.45, 7) is 2.00. The van der Waals surface area contributed by atoms with Crippen molar-refractivity contribution < 1.29 is 4.79 Å². The van der Waals surface area contributed by atoms with E-state index in [1.54, 1.807) is 5.51 Å². The summed E-state index contributed by atoms with van der Waals surface area (Å²) in [5, 5.41) is 11.7. The topological polar surface area (TPSA) is 67.8 Å². The Morgan fingerprint density at radius 3 is 2.68 bits per heavy atom. The fourth-order valence-corrected chi connectivity index (χ4v) is 3.12. The molecule has 0 spiro atoms. The Hall–Kier alpha value is -3.12. The number of fused-ring (bicyclic) bond motifs is 1. The van der Waals surface area contributed by atoms with E-state index in [4.69, 9.17) is 4.98 Å². The number of benzene rings is 2. The molecule has 25 heavy (non-hydrogen) atoms. The van der Waals surface area contributed by atoms with E-state index >= 15 is 0 Å². The maximum Gasteiger partial charge on any atom is 0.258 e. The van der Waals surface area contributed by atoms with Crippen molar-refractivity contribution in [3.05, 3.63) is 71.2 Å². The molecular weight excluding hydrogens is 332 g/mol. The van der Waals surface area contributed by atoms with E-state index < -0.39 is 0 Å². The molecule has 0 saturated heterocycles. The second kappa shape index (κ2) is 6.41. The lowest BCUT2D eigenvalue weighted by Gasteiger charge is -2.10. The van der Waals surface area contributed by atoms with Gasteiger partial charge in [0.25, 0.3) is 5.91 Å². The Labute approximate surface area is 148 Å². The van der Waals surface area contributed by atoms with Crippen LogP contribution in [0.1, 0.15) is 15.9 Å². The summed E-state index contributed by atoms with van der Waals surface area (Å²) < 4.78 is 0. The quantitative estimate of drug-likeness (QED) is 0.600. The van der Waals surface area contributed by atoms with Crippen molar-refractivity contribution in [3.8, 4) is 11.3 Å². The Balaban J connectivity index is 1.87. The first kappa shape index (κ1) is 15.4.